The van der Waals surface area contributed by atoms with E-state index in [1.807, 2.05) is 59.8 Å². The van der Waals surface area contributed by atoms with Crippen molar-refractivity contribution >= 4 is 9.47 Å². The van der Waals surface area contributed by atoms with Crippen LogP contribution < -0.4 is 0 Å². The summed E-state index contributed by atoms with van der Waals surface area (Å²) in [7, 11) is 2.19. The van der Waals surface area contributed by atoms with E-state index in [1.54, 1.807) is 0 Å². The van der Waals surface area contributed by atoms with Crippen LogP contribution >= 0.6 is 9.47 Å². The van der Waals surface area contributed by atoms with Crippen LogP contribution in [0, 0.1) is 0 Å². The third kappa shape index (κ3) is 16.4. The third-order valence-electron chi connectivity index (χ3n) is 0.752. The van der Waals surface area contributed by atoms with Crippen LogP contribution in [0.15, 0.2) is 24.0 Å². The van der Waals surface area contributed by atoms with Crippen molar-refractivity contribution in [1.29, 1.82) is 0 Å². The number of hydrogen-bond donors (Lipinski definition) is 0. The van der Waals surface area contributed by atoms with E-state index in [1.165, 1.54) is 0 Å². The molecule has 12 heavy (non-hydrogen) atoms. The second-order valence-corrected chi connectivity index (χ2v) is 1.54. The van der Waals surface area contributed by atoms with Gasteiger partial charge in [-0.05, 0) is 26.0 Å². The van der Waals surface area contributed by atoms with Crippen LogP contribution in [0.3, 0.4) is 0 Å². The highest BCUT2D eigenvalue weighted by molar-refractivity contribution is 7.10. The molecule has 0 aromatic rings. The average Bonchev–Trinajstić information content (AvgIpc) is 2.20. The van der Waals surface area contributed by atoms with Gasteiger partial charge in [0, 0.05) is 0 Å². The molecule has 0 aliphatic heterocycles. The van der Waals surface area contributed by atoms with E-state index in [9.17, 15) is 0 Å². The Kier molecular flexibility index (Phi) is 33.1. The fraction of sp³-hybridized carbons (Fsp3) is 0.600. The molecular weight excluding hydrogens is 167 g/mol. The fourth-order valence-electron chi connectivity index (χ4n) is 0.368. The predicted molar refractivity (Wildman–Crippen MR) is 62.1 cm³/mol. The van der Waals surface area contributed by atoms with Crippen LogP contribution in [0.1, 0.15) is 41.5 Å². The van der Waals surface area contributed by atoms with Gasteiger partial charge in [0.25, 0.3) is 0 Å². The molecule has 0 bridgehead atoms. The molecule has 0 rings (SSSR count). The molecule has 0 heterocycles. The third-order valence-corrected chi connectivity index (χ3v) is 1.02. The summed E-state index contributed by atoms with van der Waals surface area (Å²) in [5.74, 6) is 0.873. The molecule has 0 amide bonds. The molecule has 0 aromatic heterocycles. The molecule has 2 heteroatoms. The van der Waals surface area contributed by atoms with Gasteiger partial charge in [-0.2, -0.15) is 0 Å². The van der Waals surface area contributed by atoms with Gasteiger partial charge >= 0.3 is 0 Å². The molecule has 74 valence electrons. The Balaban J connectivity index is -0.000000175. The van der Waals surface area contributed by atoms with Crippen molar-refractivity contribution in [3.63, 3.8) is 0 Å². The van der Waals surface area contributed by atoms with Crippen LogP contribution in [0.2, 0.25) is 0 Å². The standard InChI is InChI=1S/C6H11OP.2C2H6/c1-3-5-6(4-2)7-8;2*1-2/h3-5H,8H2,1-2H3;2*1-2H3/b5-3-,6-4+;;. The van der Waals surface area contributed by atoms with Gasteiger partial charge in [0.2, 0.25) is 0 Å². The van der Waals surface area contributed by atoms with Gasteiger partial charge in [0.1, 0.15) is 5.76 Å². The van der Waals surface area contributed by atoms with Crippen molar-refractivity contribution < 1.29 is 4.52 Å². The Hall–Kier alpha value is -0.290. The first-order valence-corrected chi connectivity index (χ1v) is 4.98. The zero-order chi connectivity index (χ0) is 10.4. The van der Waals surface area contributed by atoms with E-state index < -0.39 is 0 Å². The minimum atomic E-state index is 0.873. The summed E-state index contributed by atoms with van der Waals surface area (Å²) in [6.45, 7) is 11.9. The molecule has 0 saturated heterocycles. The maximum absolute atomic E-state index is 4.83. The van der Waals surface area contributed by atoms with E-state index in [0.29, 0.717) is 0 Å². The lowest BCUT2D eigenvalue weighted by molar-refractivity contribution is 0.519. The Morgan fingerprint density at radius 2 is 1.50 bits per heavy atom. The van der Waals surface area contributed by atoms with Gasteiger partial charge in [-0.1, -0.05) is 33.8 Å². The quantitative estimate of drug-likeness (QED) is 0.358. The summed E-state index contributed by atoms with van der Waals surface area (Å²) >= 11 is 0. The SMILES string of the molecule is C/C=C\C(=C/C)OP.CC.CC. The van der Waals surface area contributed by atoms with Crippen molar-refractivity contribution in [2.24, 2.45) is 0 Å². The zero-order valence-corrected chi connectivity index (χ0v) is 10.4. The zero-order valence-electron chi connectivity index (χ0n) is 9.22. The number of allylic oxidation sites excluding steroid dienone is 3. The summed E-state index contributed by atoms with van der Waals surface area (Å²) < 4.78 is 4.83. The Morgan fingerprint density at radius 1 is 1.08 bits per heavy atom. The summed E-state index contributed by atoms with van der Waals surface area (Å²) in [5, 5.41) is 0. The highest BCUT2D eigenvalue weighted by Crippen LogP contribution is 2.02. The molecular formula is C10H23OP. The first-order valence-electron chi connectivity index (χ1n) is 4.51. The first-order chi connectivity index (χ1) is 5.85. The summed E-state index contributed by atoms with van der Waals surface area (Å²) in [5.41, 5.74) is 0. The summed E-state index contributed by atoms with van der Waals surface area (Å²) in [6, 6.07) is 0. The minimum absolute atomic E-state index is 0.873. The molecule has 0 aliphatic carbocycles. The lowest BCUT2D eigenvalue weighted by atomic mass is 10.4. The van der Waals surface area contributed by atoms with E-state index in [2.05, 4.69) is 9.47 Å². The molecule has 0 aliphatic rings. The van der Waals surface area contributed by atoms with Crippen LogP contribution in [0.4, 0.5) is 0 Å². The normalized spacial score (nSPS) is 9.42. The minimum Gasteiger partial charge on any atom is -0.481 e. The molecule has 0 fully saturated rings. The number of hydrogen-bond acceptors (Lipinski definition) is 1. The molecule has 1 nitrogen and oxygen atoms in total. The molecule has 0 aromatic carbocycles. The van der Waals surface area contributed by atoms with Crippen LogP contribution in [-0.2, 0) is 4.52 Å². The first kappa shape index (κ1) is 17.7. The van der Waals surface area contributed by atoms with Crippen LogP contribution in [0.25, 0.3) is 0 Å². The summed E-state index contributed by atoms with van der Waals surface area (Å²) in [6.07, 6.45) is 5.72. The van der Waals surface area contributed by atoms with Crippen LogP contribution in [-0.4, -0.2) is 0 Å². The monoisotopic (exact) mass is 190 g/mol. The van der Waals surface area contributed by atoms with E-state index in [4.69, 9.17) is 4.52 Å². The maximum Gasteiger partial charge on any atom is 0.117 e. The second-order valence-electron chi connectivity index (χ2n) is 1.31. The molecule has 0 radical (unpaired) electrons. The fourth-order valence-corrected chi connectivity index (χ4v) is 0.582. The molecule has 1 unspecified atom stereocenters. The smallest absolute Gasteiger partial charge is 0.117 e. The summed E-state index contributed by atoms with van der Waals surface area (Å²) in [4.78, 5) is 0. The molecule has 0 saturated carbocycles. The molecule has 0 N–H and O–H groups in total. The van der Waals surface area contributed by atoms with Crippen molar-refractivity contribution in [2.75, 3.05) is 0 Å². The topological polar surface area (TPSA) is 9.23 Å². The predicted octanol–water partition coefficient (Wildman–Crippen LogP) is 4.33. The Morgan fingerprint density at radius 3 is 1.58 bits per heavy atom. The average molecular weight is 190 g/mol. The Bertz CT molecular complexity index is 104. The highest BCUT2D eigenvalue weighted by atomic mass is 31.0. The molecule has 0 spiro atoms. The van der Waals surface area contributed by atoms with Crippen molar-refractivity contribution in [3.8, 4) is 0 Å². The van der Waals surface area contributed by atoms with Gasteiger partial charge in [0.15, 0.2) is 0 Å². The van der Waals surface area contributed by atoms with Gasteiger partial charge < -0.3 is 4.52 Å². The molecule has 1 atom stereocenters. The van der Waals surface area contributed by atoms with E-state index >= 15 is 0 Å². The highest BCUT2D eigenvalue weighted by Gasteiger charge is 1.79. The Labute approximate surface area is 80.2 Å². The van der Waals surface area contributed by atoms with E-state index in [0.717, 1.165) is 5.76 Å². The van der Waals surface area contributed by atoms with Gasteiger partial charge in [-0.3, -0.25) is 0 Å². The van der Waals surface area contributed by atoms with Crippen molar-refractivity contribution in [3.05, 3.63) is 24.0 Å². The van der Waals surface area contributed by atoms with Crippen LogP contribution in [0.5, 0.6) is 0 Å². The van der Waals surface area contributed by atoms with E-state index in [-0.39, 0.29) is 0 Å². The van der Waals surface area contributed by atoms with Crippen molar-refractivity contribution in [1.82, 2.24) is 0 Å². The van der Waals surface area contributed by atoms with Gasteiger partial charge in [0.05, 0.1) is 9.47 Å². The maximum atomic E-state index is 4.83. The van der Waals surface area contributed by atoms with Gasteiger partial charge in [-0.25, -0.2) is 0 Å². The van der Waals surface area contributed by atoms with Gasteiger partial charge in [-0.15, -0.1) is 0 Å². The number of rotatable bonds is 2. The lowest BCUT2D eigenvalue weighted by Crippen LogP contribution is -1.70. The lowest BCUT2D eigenvalue weighted by Gasteiger charge is -1.94. The second kappa shape index (κ2) is 22.4. The van der Waals surface area contributed by atoms with Crippen molar-refractivity contribution in [2.45, 2.75) is 41.5 Å². The largest absolute Gasteiger partial charge is 0.481 e.